The summed E-state index contributed by atoms with van der Waals surface area (Å²) in [5.41, 5.74) is 0.970. The van der Waals surface area contributed by atoms with Crippen molar-refractivity contribution in [1.29, 1.82) is 0 Å². The Morgan fingerprint density at radius 1 is 1.44 bits per heavy atom. The highest BCUT2D eigenvalue weighted by atomic mass is 35.5. The van der Waals surface area contributed by atoms with Crippen molar-refractivity contribution in [3.8, 4) is 0 Å². The Balaban J connectivity index is 1.89. The minimum absolute atomic E-state index is 0.0310. The molecule has 0 N–H and O–H groups in total. The van der Waals surface area contributed by atoms with E-state index in [2.05, 4.69) is 9.98 Å². The fraction of sp³-hybridized carbons (Fsp3) is 0.294. The topological polar surface area (TPSA) is 71.6 Å². The van der Waals surface area contributed by atoms with Crippen molar-refractivity contribution in [2.45, 2.75) is 19.9 Å². The van der Waals surface area contributed by atoms with Gasteiger partial charge in [-0.2, -0.15) is 0 Å². The van der Waals surface area contributed by atoms with E-state index in [0.717, 1.165) is 28.3 Å². The molecule has 2 aromatic heterocycles. The summed E-state index contributed by atoms with van der Waals surface area (Å²) >= 11 is 7.35. The Hall–Kier alpha value is -2.25. The number of halogens is 1. The number of amidine groups is 1. The number of rotatable bonds is 5. The molecule has 0 aromatic carbocycles. The van der Waals surface area contributed by atoms with E-state index in [-0.39, 0.29) is 10.6 Å². The maximum absolute atomic E-state index is 11.7. The molecule has 0 fully saturated rings. The molecule has 0 unspecified atom stereocenters. The van der Waals surface area contributed by atoms with Crippen molar-refractivity contribution in [3.05, 3.63) is 66.7 Å². The van der Waals surface area contributed by atoms with Crippen molar-refractivity contribution >= 4 is 34.8 Å². The van der Waals surface area contributed by atoms with E-state index >= 15 is 0 Å². The molecule has 8 heteroatoms. The lowest BCUT2D eigenvalue weighted by Crippen LogP contribution is -2.38. The molecule has 0 atom stereocenters. The predicted octanol–water partition coefficient (Wildman–Crippen LogP) is 4.03. The van der Waals surface area contributed by atoms with E-state index in [1.165, 1.54) is 11.3 Å². The zero-order chi connectivity index (χ0) is 17.8. The predicted molar refractivity (Wildman–Crippen MR) is 101 cm³/mol. The zero-order valence-electron chi connectivity index (χ0n) is 13.7. The second-order valence-corrected chi connectivity index (χ2v) is 7.41. The molecule has 6 nitrogen and oxygen atoms in total. The molecule has 3 heterocycles. The lowest BCUT2D eigenvalue weighted by molar-refractivity contribution is -0.414. The first-order chi connectivity index (χ1) is 12.0. The number of aryl methyl sites for hydroxylation is 1. The van der Waals surface area contributed by atoms with Crippen LogP contribution in [0.5, 0.6) is 0 Å². The van der Waals surface area contributed by atoms with E-state index in [4.69, 9.17) is 11.6 Å². The number of nitrogens with zero attached hydrogens (tertiary/aromatic N) is 4. The summed E-state index contributed by atoms with van der Waals surface area (Å²) in [6.45, 7) is 3.80. The quantitative estimate of drug-likeness (QED) is 0.448. The van der Waals surface area contributed by atoms with Gasteiger partial charge in [-0.05, 0) is 37.1 Å². The summed E-state index contributed by atoms with van der Waals surface area (Å²) in [6, 6.07) is 7.43. The van der Waals surface area contributed by atoms with Crippen molar-refractivity contribution in [2.75, 3.05) is 13.1 Å². The third-order valence-electron chi connectivity index (χ3n) is 3.78. The summed E-state index contributed by atoms with van der Waals surface area (Å²) < 4.78 is 0. The molecule has 0 radical (unpaired) electrons. The van der Waals surface area contributed by atoms with Gasteiger partial charge in [-0.15, -0.1) is 11.3 Å². The van der Waals surface area contributed by atoms with Crippen LogP contribution in [0.2, 0.25) is 5.15 Å². The van der Waals surface area contributed by atoms with Crippen molar-refractivity contribution in [2.24, 2.45) is 4.99 Å². The van der Waals surface area contributed by atoms with Gasteiger partial charge in [-0.1, -0.05) is 17.7 Å². The molecule has 25 heavy (non-hydrogen) atoms. The molecule has 0 amide bonds. The van der Waals surface area contributed by atoms with Crippen LogP contribution in [-0.2, 0) is 6.54 Å². The van der Waals surface area contributed by atoms with E-state index in [9.17, 15) is 10.1 Å². The van der Waals surface area contributed by atoms with Gasteiger partial charge in [-0.25, -0.2) is 4.98 Å². The maximum Gasteiger partial charge on any atom is 0.312 e. The van der Waals surface area contributed by atoms with E-state index in [1.807, 2.05) is 30.0 Å². The minimum atomic E-state index is -0.355. The SMILES string of the molecule is Cc1ccc(/C=C(/C2=NCCCN2Cc2ccc(Cl)nc2)[N+](=O)[O-])s1. The monoisotopic (exact) mass is 376 g/mol. The highest BCUT2D eigenvalue weighted by Gasteiger charge is 2.27. The van der Waals surface area contributed by atoms with Crippen LogP contribution in [-0.4, -0.2) is 33.7 Å². The van der Waals surface area contributed by atoms with Crippen LogP contribution in [0, 0.1) is 17.0 Å². The molecular weight excluding hydrogens is 360 g/mol. The lowest BCUT2D eigenvalue weighted by atomic mass is 10.2. The van der Waals surface area contributed by atoms with Gasteiger partial charge in [0.15, 0.2) is 0 Å². The second kappa shape index (κ2) is 7.76. The van der Waals surface area contributed by atoms with Crippen LogP contribution >= 0.6 is 22.9 Å². The normalized spacial score (nSPS) is 15.2. The van der Waals surface area contributed by atoms with Gasteiger partial charge in [0.25, 0.3) is 0 Å². The zero-order valence-corrected chi connectivity index (χ0v) is 15.3. The number of aliphatic imine (C=N–C) groups is 1. The summed E-state index contributed by atoms with van der Waals surface area (Å²) in [4.78, 5) is 23.7. The van der Waals surface area contributed by atoms with Crippen LogP contribution in [0.1, 0.15) is 21.7 Å². The number of nitro groups is 1. The van der Waals surface area contributed by atoms with Gasteiger partial charge in [0, 0.05) is 41.7 Å². The van der Waals surface area contributed by atoms with Gasteiger partial charge in [0.05, 0.1) is 4.92 Å². The van der Waals surface area contributed by atoms with Gasteiger partial charge in [-0.3, -0.25) is 15.1 Å². The van der Waals surface area contributed by atoms with Crippen LogP contribution in [0.25, 0.3) is 6.08 Å². The summed E-state index contributed by atoms with van der Waals surface area (Å²) in [5.74, 6) is 0.428. The maximum atomic E-state index is 11.7. The molecule has 1 aliphatic heterocycles. The molecular formula is C17H17ClN4O2S. The molecule has 130 valence electrons. The number of hydrogen-bond acceptors (Lipinski definition) is 6. The fourth-order valence-electron chi connectivity index (χ4n) is 2.63. The average Bonchev–Trinajstić information content (AvgIpc) is 3.00. The summed E-state index contributed by atoms with van der Waals surface area (Å²) in [7, 11) is 0. The summed E-state index contributed by atoms with van der Waals surface area (Å²) in [5, 5.41) is 12.1. The molecule has 3 rings (SSSR count). The lowest BCUT2D eigenvalue weighted by Gasteiger charge is -2.27. The molecule has 2 aromatic rings. The Morgan fingerprint density at radius 2 is 2.28 bits per heavy atom. The van der Waals surface area contributed by atoms with Crippen molar-refractivity contribution < 1.29 is 4.92 Å². The molecule has 0 saturated heterocycles. The van der Waals surface area contributed by atoms with Gasteiger partial charge >= 0.3 is 5.70 Å². The molecule has 0 aliphatic carbocycles. The van der Waals surface area contributed by atoms with Crippen LogP contribution in [0.4, 0.5) is 0 Å². The number of thiophene rings is 1. The second-order valence-electron chi connectivity index (χ2n) is 5.70. The fourth-order valence-corrected chi connectivity index (χ4v) is 3.56. The highest BCUT2D eigenvalue weighted by Crippen LogP contribution is 2.22. The Labute approximate surface area is 154 Å². The Kier molecular flexibility index (Phi) is 5.45. The average molecular weight is 377 g/mol. The standard InChI is InChI=1S/C17H17ClN4O2S/c1-12-3-5-14(25-12)9-15(22(23)24)17-19-7-2-8-21(17)11-13-4-6-16(18)20-10-13/h3-6,9-10H,2,7-8,11H2,1H3/b15-9-. The van der Waals surface area contributed by atoms with Gasteiger partial charge in [0.1, 0.15) is 5.15 Å². The third-order valence-corrected chi connectivity index (χ3v) is 4.95. The highest BCUT2D eigenvalue weighted by molar-refractivity contribution is 7.12. The first-order valence-electron chi connectivity index (χ1n) is 7.85. The number of hydrogen-bond donors (Lipinski definition) is 0. The minimum Gasteiger partial charge on any atom is -0.347 e. The van der Waals surface area contributed by atoms with Gasteiger partial charge in [0.2, 0.25) is 5.84 Å². The first kappa shape index (κ1) is 17.6. The first-order valence-corrected chi connectivity index (χ1v) is 9.05. The van der Waals surface area contributed by atoms with Gasteiger partial charge < -0.3 is 4.90 Å². The van der Waals surface area contributed by atoms with Crippen LogP contribution in [0.15, 0.2) is 41.2 Å². The van der Waals surface area contributed by atoms with Crippen molar-refractivity contribution in [1.82, 2.24) is 9.88 Å². The molecule has 0 bridgehead atoms. The van der Waals surface area contributed by atoms with Crippen molar-refractivity contribution in [3.63, 3.8) is 0 Å². The van der Waals surface area contributed by atoms with Crippen LogP contribution < -0.4 is 0 Å². The largest absolute Gasteiger partial charge is 0.347 e. The van der Waals surface area contributed by atoms with E-state index in [1.54, 1.807) is 18.3 Å². The molecule has 1 aliphatic rings. The summed E-state index contributed by atoms with van der Waals surface area (Å²) in [6.07, 6.45) is 4.16. The van der Waals surface area contributed by atoms with Crippen LogP contribution in [0.3, 0.4) is 0 Å². The third kappa shape index (κ3) is 4.43. The Morgan fingerprint density at radius 3 is 2.92 bits per heavy atom. The number of aromatic nitrogens is 1. The number of pyridine rings is 1. The van der Waals surface area contributed by atoms with E-state index in [0.29, 0.717) is 24.1 Å². The molecule has 0 saturated carbocycles. The smallest absolute Gasteiger partial charge is 0.312 e. The van der Waals surface area contributed by atoms with E-state index < -0.39 is 0 Å². The Bertz CT molecular complexity index is 829. The molecule has 0 spiro atoms.